The minimum Gasteiger partial charge on any atom is -0.421 e. The maximum absolute atomic E-state index is 13.4. The first-order valence-corrected chi connectivity index (χ1v) is 5.62. The van der Waals surface area contributed by atoms with Crippen LogP contribution in [0.5, 0.6) is 11.8 Å². The molecule has 0 saturated carbocycles. The summed E-state index contributed by atoms with van der Waals surface area (Å²) in [6.45, 7) is 0.353. The van der Waals surface area contributed by atoms with Crippen LogP contribution >= 0.6 is 15.9 Å². The van der Waals surface area contributed by atoms with Gasteiger partial charge in [0, 0.05) is 29.0 Å². The maximum atomic E-state index is 13.4. The molecule has 17 heavy (non-hydrogen) atoms. The van der Waals surface area contributed by atoms with Crippen LogP contribution < -0.4 is 10.5 Å². The van der Waals surface area contributed by atoms with Crippen LogP contribution in [0.15, 0.2) is 35.1 Å². The molecule has 0 saturated heterocycles. The Balaban J connectivity index is 2.22. The van der Waals surface area contributed by atoms with Gasteiger partial charge >= 0.3 is 6.01 Å². The van der Waals surface area contributed by atoms with E-state index in [2.05, 4.69) is 25.9 Å². The number of hydrogen-bond acceptors (Lipinski definition) is 4. The maximum Gasteiger partial charge on any atom is 0.321 e. The van der Waals surface area contributed by atoms with E-state index in [4.69, 9.17) is 10.5 Å². The van der Waals surface area contributed by atoms with E-state index in [1.54, 1.807) is 6.07 Å². The predicted octanol–water partition coefficient (Wildman–Crippen LogP) is 2.63. The van der Waals surface area contributed by atoms with Gasteiger partial charge in [-0.2, -0.15) is 0 Å². The zero-order valence-corrected chi connectivity index (χ0v) is 10.3. The van der Waals surface area contributed by atoms with Gasteiger partial charge in [0.2, 0.25) is 0 Å². The number of benzene rings is 1. The van der Waals surface area contributed by atoms with E-state index in [1.807, 2.05) is 0 Å². The molecule has 2 N–H and O–H groups in total. The lowest BCUT2D eigenvalue weighted by molar-refractivity contribution is 0.410. The van der Waals surface area contributed by atoms with Crippen LogP contribution in [0.2, 0.25) is 0 Å². The van der Waals surface area contributed by atoms with Crippen LogP contribution in [0.4, 0.5) is 4.39 Å². The van der Waals surface area contributed by atoms with Crippen LogP contribution in [0.3, 0.4) is 0 Å². The van der Waals surface area contributed by atoms with Crippen molar-refractivity contribution >= 4 is 15.9 Å². The molecule has 4 nitrogen and oxygen atoms in total. The van der Waals surface area contributed by atoms with Crippen molar-refractivity contribution in [1.29, 1.82) is 0 Å². The zero-order chi connectivity index (χ0) is 12.3. The number of nitrogens with zero attached hydrogens (tertiary/aromatic N) is 2. The van der Waals surface area contributed by atoms with Crippen molar-refractivity contribution in [2.45, 2.75) is 6.54 Å². The number of rotatable bonds is 3. The molecular weight excluding hydrogens is 289 g/mol. The van der Waals surface area contributed by atoms with Gasteiger partial charge in [0.25, 0.3) is 0 Å². The molecule has 0 atom stereocenters. The molecule has 0 unspecified atom stereocenters. The van der Waals surface area contributed by atoms with Crippen molar-refractivity contribution in [3.8, 4) is 11.8 Å². The van der Waals surface area contributed by atoms with Gasteiger partial charge in [-0.3, -0.25) is 0 Å². The number of nitrogens with two attached hydrogens (primary N) is 1. The average Bonchev–Trinajstić information content (AvgIpc) is 2.35. The summed E-state index contributed by atoms with van der Waals surface area (Å²) in [6, 6.07) is 4.48. The molecule has 0 fully saturated rings. The molecule has 6 heteroatoms. The Labute approximate surface area is 106 Å². The number of hydrogen-bond donors (Lipinski definition) is 1. The Bertz CT molecular complexity index is 519. The first kappa shape index (κ1) is 11.9. The summed E-state index contributed by atoms with van der Waals surface area (Å²) in [7, 11) is 0. The van der Waals surface area contributed by atoms with Gasteiger partial charge in [-0.1, -0.05) is 15.9 Å². The van der Waals surface area contributed by atoms with Crippen molar-refractivity contribution in [3.05, 3.63) is 46.4 Å². The molecule has 1 aromatic heterocycles. The summed E-state index contributed by atoms with van der Waals surface area (Å²) in [4.78, 5) is 7.84. The molecule has 2 rings (SSSR count). The molecule has 88 valence electrons. The Morgan fingerprint density at radius 3 is 2.65 bits per heavy atom. The second kappa shape index (κ2) is 5.20. The van der Waals surface area contributed by atoms with E-state index in [0.717, 1.165) is 5.56 Å². The molecule has 2 aromatic rings. The lowest BCUT2D eigenvalue weighted by Crippen LogP contribution is -1.99. The predicted molar refractivity (Wildman–Crippen MR) is 64.1 cm³/mol. The van der Waals surface area contributed by atoms with Gasteiger partial charge in [-0.05, 0) is 18.2 Å². The molecule has 1 heterocycles. The lowest BCUT2D eigenvalue weighted by atomic mass is 10.3. The molecule has 0 spiro atoms. The highest BCUT2D eigenvalue weighted by Crippen LogP contribution is 2.25. The summed E-state index contributed by atoms with van der Waals surface area (Å²) in [5.74, 6) is -0.403. The van der Waals surface area contributed by atoms with Crippen molar-refractivity contribution in [1.82, 2.24) is 9.97 Å². The van der Waals surface area contributed by atoms with Gasteiger partial charge in [0.1, 0.15) is 0 Å². The molecule has 0 aliphatic heterocycles. The summed E-state index contributed by atoms with van der Waals surface area (Å²) in [5.41, 5.74) is 6.19. The van der Waals surface area contributed by atoms with Crippen LogP contribution in [-0.4, -0.2) is 9.97 Å². The summed E-state index contributed by atoms with van der Waals surface area (Å²) in [5, 5.41) is 0. The Morgan fingerprint density at radius 2 is 2.00 bits per heavy atom. The standard InChI is InChI=1S/C11H9BrFN3O/c12-8-1-2-9(13)10(3-8)17-11-15-5-7(4-14)6-16-11/h1-3,5-6H,4,14H2. The van der Waals surface area contributed by atoms with Crippen molar-refractivity contribution in [2.75, 3.05) is 0 Å². The monoisotopic (exact) mass is 297 g/mol. The highest BCUT2D eigenvalue weighted by Gasteiger charge is 2.07. The molecule has 0 radical (unpaired) electrons. The number of halogens is 2. The van der Waals surface area contributed by atoms with E-state index in [-0.39, 0.29) is 11.8 Å². The normalized spacial score (nSPS) is 10.3. The fraction of sp³-hybridized carbons (Fsp3) is 0.0909. The first-order chi connectivity index (χ1) is 8.19. The van der Waals surface area contributed by atoms with Gasteiger partial charge in [0.15, 0.2) is 11.6 Å². The average molecular weight is 298 g/mol. The fourth-order valence-electron chi connectivity index (χ4n) is 1.15. The van der Waals surface area contributed by atoms with Gasteiger partial charge in [-0.15, -0.1) is 0 Å². The highest BCUT2D eigenvalue weighted by atomic mass is 79.9. The first-order valence-electron chi connectivity index (χ1n) is 4.83. The van der Waals surface area contributed by atoms with Crippen molar-refractivity contribution < 1.29 is 9.13 Å². The highest BCUT2D eigenvalue weighted by molar-refractivity contribution is 9.10. The molecule has 1 aromatic carbocycles. The van der Waals surface area contributed by atoms with E-state index >= 15 is 0 Å². The summed E-state index contributed by atoms with van der Waals surface area (Å²) in [6.07, 6.45) is 3.08. The SMILES string of the molecule is NCc1cnc(Oc2cc(Br)ccc2F)nc1. The minimum absolute atomic E-state index is 0.0693. The van der Waals surface area contributed by atoms with Gasteiger partial charge in [-0.25, -0.2) is 14.4 Å². The molecule has 0 aliphatic rings. The quantitative estimate of drug-likeness (QED) is 0.946. The van der Waals surface area contributed by atoms with Crippen molar-refractivity contribution in [3.63, 3.8) is 0 Å². The number of ether oxygens (including phenoxy) is 1. The largest absolute Gasteiger partial charge is 0.421 e. The molecular formula is C11H9BrFN3O. The topological polar surface area (TPSA) is 61.0 Å². The third kappa shape index (κ3) is 2.98. The second-order valence-corrected chi connectivity index (χ2v) is 4.17. The van der Waals surface area contributed by atoms with Crippen molar-refractivity contribution in [2.24, 2.45) is 5.73 Å². The zero-order valence-electron chi connectivity index (χ0n) is 8.73. The van der Waals surface area contributed by atoms with Crippen LogP contribution in [0.25, 0.3) is 0 Å². The third-order valence-electron chi connectivity index (χ3n) is 2.01. The number of aromatic nitrogens is 2. The second-order valence-electron chi connectivity index (χ2n) is 3.25. The summed E-state index contributed by atoms with van der Waals surface area (Å²) >= 11 is 3.23. The molecule has 0 aliphatic carbocycles. The van der Waals surface area contributed by atoms with Crippen LogP contribution in [0.1, 0.15) is 5.56 Å². The molecule has 0 bridgehead atoms. The molecule has 0 amide bonds. The van der Waals surface area contributed by atoms with E-state index in [1.165, 1.54) is 24.5 Å². The summed E-state index contributed by atoms with van der Waals surface area (Å²) < 4.78 is 19.3. The van der Waals surface area contributed by atoms with Gasteiger partial charge in [0.05, 0.1) is 0 Å². The third-order valence-corrected chi connectivity index (χ3v) is 2.51. The Kier molecular flexibility index (Phi) is 3.65. The van der Waals surface area contributed by atoms with Crippen LogP contribution in [-0.2, 0) is 6.54 Å². The fourth-order valence-corrected chi connectivity index (χ4v) is 1.49. The smallest absolute Gasteiger partial charge is 0.321 e. The van der Waals surface area contributed by atoms with E-state index in [9.17, 15) is 4.39 Å². The minimum atomic E-state index is -0.472. The van der Waals surface area contributed by atoms with Gasteiger partial charge < -0.3 is 10.5 Å². The Hall–Kier alpha value is -1.53. The van der Waals surface area contributed by atoms with E-state index in [0.29, 0.717) is 11.0 Å². The van der Waals surface area contributed by atoms with Crippen LogP contribution in [0, 0.1) is 5.82 Å². The lowest BCUT2D eigenvalue weighted by Gasteiger charge is -2.05. The van der Waals surface area contributed by atoms with E-state index < -0.39 is 5.82 Å². The Morgan fingerprint density at radius 1 is 1.29 bits per heavy atom.